The third-order valence-electron chi connectivity index (χ3n) is 4.19. The van der Waals surface area contributed by atoms with Crippen molar-refractivity contribution < 1.29 is 18.7 Å². The molecule has 8 heteroatoms. The summed E-state index contributed by atoms with van der Waals surface area (Å²) < 4.78 is 18.0. The molecule has 3 rings (SSSR count). The molecule has 2 aromatic rings. The summed E-state index contributed by atoms with van der Waals surface area (Å²) in [5.74, 6) is -0.744. The summed E-state index contributed by atoms with van der Waals surface area (Å²) in [5.41, 5.74) is 1.47. The molecular weight excluding hydrogens is 357 g/mol. The molecule has 2 heterocycles. The molecule has 26 heavy (non-hydrogen) atoms. The van der Waals surface area contributed by atoms with Gasteiger partial charge in [-0.15, -0.1) is 11.3 Å². The topological polar surface area (TPSA) is 71.5 Å². The second-order valence-corrected chi connectivity index (χ2v) is 6.88. The van der Waals surface area contributed by atoms with Crippen LogP contribution in [0.15, 0.2) is 29.6 Å². The Kier molecular flexibility index (Phi) is 5.82. The highest BCUT2D eigenvalue weighted by Crippen LogP contribution is 2.26. The summed E-state index contributed by atoms with van der Waals surface area (Å²) in [6, 6.07) is 6.04. The van der Waals surface area contributed by atoms with Crippen LogP contribution in [-0.4, -0.2) is 41.6 Å². The smallest absolute Gasteiger partial charge is 0.409 e. The number of halogens is 1. The molecule has 6 nitrogen and oxygen atoms in total. The van der Waals surface area contributed by atoms with Crippen molar-refractivity contribution in [2.24, 2.45) is 5.92 Å². The van der Waals surface area contributed by atoms with E-state index in [9.17, 15) is 14.0 Å². The van der Waals surface area contributed by atoms with Crippen LogP contribution >= 0.6 is 11.3 Å². The summed E-state index contributed by atoms with van der Waals surface area (Å²) in [7, 11) is 0. The summed E-state index contributed by atoms with van der Waals surface area (Å²) in [6.45, 7) is 3.03. The Morgan fingerprint density at radius 2 is 2.15 bits per heavy atom. The first-order valence-electron chi connectivity index (χ1n) is 8.51. The monoisotopic (exact) mass is 377 g/mol. The van der Waals surface area contributed by atoms with E-state index in [1.807, 2.05) is 5.38 Å². The Labute approximate surface area is 155 Å². The molecule has 0 aliphatic carbocycles. The summed E-state index contributed by atoms with van der Waals surface area (Å²) in [4.78, 5) is 30.3. The standard InChI is InChI=1S/C18H20FN3O3S/c1-2-25-18(24)22-9-3-4-13(10-22)16(23)21-17-20-15(11-26-17)12-5-7-14(19)8-6-12/h5-8,11,13H,2-4,9-10H2,1H3,(H,20,21,23)/t13-/m1/s1. The van der Waals surface area contributed by atoms with E-state index in [1.165, 1.54) is 23.5 Å². The number of benzene rings is 1. The van der Waals surface area contributed by atoms with E-state index >= 15 is 0 Å². The predicted molar refractivity (Wildman–Crippen MR) is 97.5 cm³/mol. The molecule has 0 saturated carbocycles. The number of aromatic nitrogens is 1. The molecule has 1 fully saturated rings. The van der Waals surface area contributed by atoms with Gasteiger partial charge in [0.15, 0.2) is 5.13 Å². The number of likely N-dealkylation sites (tertiary alicyclic amines) is 1. The molecule has 1 aromatic carbocycles. The molecule has 1 N–H and O–H groups in total. The van der Waals surface area contributed by atoms with Gasteiger partial charge in [-0.2, -0.15) is 0 Å². The molecule has 1 aromatic heterocycles. The van der Waals surface area contributed by atoms with E-state index in [-0.39, 0.29) is 23.7 Å². The van der Waals surface area contributed by atoms with Gasteiger partial charge in [0, 0.05) is 24.0 Å². The number of hydrogen-bond donors (Lipinski definition) is 1. The van der Waals surface area contributed by atoms with Crippen LogP contribution in [0.1, 0.15) is 19.8 Å². The second kappa shape index (κ2) is 8.27. The lowest BCUT2D eigenvalue weighted by atomic mass is 9.97. The van der Waals surface area contributed by atoms with Crippen molar-refractivity contribution >= 4 is 28.5 Å². The Morgan fingerprint density at radius 1 is 1.38 bits per heavy atom. The number of carbonyl (C=O) groups excluding carboxylic acids is 2. The fourth-order valence-electron chi connectivity index (χ4n) is 2.86. The molecule has 0 radical (unpaired) electrons. The van der Waals surface area contributed by atoms with Crippen molar-refractivity contribution in [3.8, 4) is 11.3 Å². The quantitative estimate of drug-likeness (QED) is 0.881. The zero-order chi connectivity index (χ0) is 18.5. The highest BCUT2D eigenvalue weighted by Gasteiger charge is 2.29. The number of hydrogen-bond acceptors (Lipinski definition) is 5. The second-order valence-electron chi connectivity index (χ2n) is 6.02. The number of thiazole rings is 1. The van der Waals surface area contributed by atoms with Crippen LogP contribution in [-0.2, 0) is 9.53 Å². The minimum atomic E-state index is -0.377. The lowest BCUT2D eigenvalue weighted by molar-refractivity contribution is -0.121. The molecule has 138 valence electrons. The average molecular weight is 377 g/mol. The van der Waals surface area contributed by atoms with Gasteiger partial charge in [0.05, 0.1) is 18.2 Å². The lowest BCUT2D eigenvalue weighted by Crippen LogP contribution is -2.44. The Morgan fingerprint density at radius 3 is 2.88 bits per heavy atom. The van der Waals surface area contributed by atoms with Crippen LogP contribution in [0.5, 0.6) is 0 Å². The first-order valence-corrected chi connectivity index (χ1v) is 9.39. The van der Waals surface area contributed by atoms with Gasteiger partial charge in [0.1, 0.15) is 5.82 Å². The van der Waals surface area contributed by atoms with Crippen LogP contribution in [0.25, 0.3) is 11.3 Å². The van der Waals surface area contributed by atoms with Crippen molar-refractivity contribution in [2.75, 3.05) is 25.0 Å². The third kappa shape index (κ3) is 4.37. The molecule has 0 unspecified atom stereocenters. The molecule has 1 saturated heterocycles. The van der Waals surface area contributed by atoms with Crippen molar-refractivity contribution in [3.05, 3.63) is 35.5 Å². The van der Waals surface area contributed by atoms with Gasteiger partial charge in [-0.1, -0.05) is 0 Å². The van der Waals surface area contributed by atoms with Crippen LogP contribution in [0.2, 0.25) is 0 Å². The maximum absolute atomic E-state index is 13.0. The molecular formula is C18H20FN3O3S. The normalized spacial score (nSPS) is 17.0. The maximum Gasteiger partial charge on any atom is 0.409 e. The number of ether oxygens (including phenoxy) is 1. The highest BCUT2D eigenvalue weighted by atomic mass is 32.1. The molecule has 2 amide bonds. The van der Waals surface area contributed by atoms with E-state index in [0.717, 1.165) is 18.4 Å². The SMILES string of the molecule is CCOC(=O)N1CCC[C@@H](C(=O)Nc2nc(-c3ccc(F)cc3)cs2)C1. The first-order chi connectivity index (χ1) is 12.6. The zero-order valence-corrected chi connectivity index (χ0v) is 15.2. The first kappa shape index (κ1) is 18.3. The van der Waals surface area contributed by atoms with Gasteiger partial charge in [-0.05, 0) is 44.0 Å². The summed E-state index contributed by atoms with van der Waals surface area (Å²) in [5, 5.41) is 5.12. The highest BCUT2D eigenvalue weighted by molar-refractivity contribution is 7.14. The van der Waals surface area contributed by atoms with Gasteiger partial charge in [0.25, 0.3) is 0 Å². The number of carbonyl (C=O) groups is 2. The minimum Gasteiger partial charge on any atom is -0.450 e. The minimum absolute atomic E-state index is 0.154. The van der Waals surface area contributed by atoms with Crippen LogP contribution in [0.3, 0.4) is 0 Å². The number of piperidine rings is 1. The number of nitrogens with zero attached hydrogens (tertiary/aromatic N) is 2. The Bertz CT molecular complexity index is 778. The van der Waals surface area contributed by atoms with Crippen LogP contribution in [0.4, 0.5) is 14.3 Å². The van der Waals surface area contributed by atoms with Crippen LogP contribution < -0.4 is 5.32 Å². The predicted octanol–water partition coefficient (Wildman–Crippen LogP) is 3.76. The Hall–Kier alpha value is -2.48. The van der Waals surface area contributed by atoms with Gasteiger partial charge < -0.3 is 15.0 Å². The maximum atomic E-state index is 13.0. The Balaban J connectivity index is 1.61. The van der Waals surface area contributed by atoms with Crippen molar-refractivity contribution in [1.29, 1.82) is 0 Å². The van der Waals surface area contributed by atoms with E-state index in [2.05, 4.69) is 10.3 Å². The zero-order valence-electron chi connectivity index (χ0n) is 14.4. The fourth-order valence-corrected chi connectivity index (χ4v) is 3.59. The summed E-state index contributed by atoms with van der Waals surface area (Å²) >= 11 is 1.31. The van der Waals surface area contributed by atoms with E-state index < -0.39 is 0 Å². The molecule has 1 aliphatic rings. The van der Waals surface area contributed by atoms with Crippen molar-refractivity contribution in [3.63, 3.8) is 0 Å². The van der Waals surface area contributed by atoms with E-state index in [1.54, 1.807) is 24.0 Å². The van der Waals surface area contributed by atoms with Gasteiger partial charge in [0.2, 0.25) is 5.91 Å². The van der Waals surface area contributed by atoms with Gasteiger partial charge in [-0.25, -0.2) is 14.2 Å². The van der Waals surface area contributed by atoms with E-state index in [4.69, 9.17) is 4.74 Å². The molecule has 0 bridgehead atoms. The number of amides is 2. The number of nitrogens with one attached hydrogen (secondary N) is 1. The van der Waals surface area contributed by atoms with Gasteiger partial charge >= 0.3 is 6.09 Å². The average Bonchev–Trinajstić information content (AvgIpc) is 3.11. The molecule has 1 atom stereocenters. The number of anilines is 1. The largest absolute Gasteiger partial charge is 0.450 e. The number of rotatable bonds is 4. The van der Waals surface area contributed by atoms with E-state index in [0.29, 0.717) is 30.5 Å². The van der Waals surface area contributed by atoms with Gasteiger partial charge in [-0.3, -0.25) is 4.79 Å². The fraction of sp³-hybridized carbons (Fsp3) is 0.389. The molecule has 1 aliphatic heterocycles. The summed E-state index contributed by atoms with van der Waals surface area (Å²) in [6.07, 6.45) is 1.10. The van der Waals surface area contributed by atoms with Crippen molar-refractivity contribution in [1.82, 2.24) is 9.88 Å². The van der Waals surface area contributed by atoms with Crippen molar-refractivity contribution in [2.45, 2.75) is 19.8 Å². The third-order valence-corrected chi connectivity index (χ3v) is 4.95. The molecule has 0 spiro atoms. The lowest BCUT2D eigenvalue weighted by Gasteiger charge is -2.30. The van der Waals surface area contributed by atoms with Crippen LogP contribution in [0, 0.1) is 11.7 Å².